The standard InChI is InChI=1S/C20H17N3O/c1-12-13(2)22-17-9-8-15(11-16(12)17)20(24)23-18-7-3-5-14-6-4-10-21-19(14)18/h3-11,22H,1-2H3,(H,23,24). The van der Waals surface area contributed by atoms with Gasteiger partial charge in [0.1, 0.15) is 0 Å². The smallest absolute Gasteiger partial charge is 0.255 e. The number of fused-ring (bicyclic) bond motifs is 2. The van der Waals surface area contributed by atoms with E-state index in [1.807, 2.05) is 55.5 Å². The van der Waals surface area contributed by atoms with Crippen molar-refractivity contribution < 1.29 is 4.79 Å². The average Bonchev–Trinajstić information content (AvgIpc) is 2.89. The molecule has 4 rings (SSSR count). The van der Waals surface area contributed by atoms with Crippen molar-refractivity contribution in [2.24, 2.45) is 0 Å². The van der Waals surface area contributed by atoms with Gasteiger partial charge < -0.3 is 10.3 Å². The van der Waals surface area contributed by atoms with Gasteiger partial charge in [-0.1, -0.05) is 18.2 Å². The van der Waals surface area contributed by atoms with Gasteiger partial charge in [-0.3, -0.25) is 9.78 Å². The monoisotopic (exact) mass is 315 g/mol. The van der Waals surface area contributed by atoms with Crippen molar-refractivity contribution in [2.45, 2.75) is 13.8 Å². The van der Waals surface area contributed by atoms with E-state index in [1.54, 1.807) is 6.20 Å². The largest absolute Gasteiger partial charge is 0.358 e. The highest BCUT2D eigenvalue weighted by Gasteiger charge is 2.11. The molecule has 2 heterocycles. The number of H-pyrrole nitrogens is 1. The van der Waals surface area contributed by atoms with Crippen molar-refractivity contribution in [3.8, 4) is 0 Å². The maximum Gasteiger partial charge on any atom is 0.255 e. The highest BCUT2D eigenvalue weighted by atomic mass is 16.1. The molecule has 0 aliphatic rings. The van der Waals surface area contributed by atoms with Crippen molar-refractivity contribution in [1.29, 1.82) is 0 Å². The molecule has 1 amide bonds. The molecule has 4 heteroatoms. The van der Waals surface area contributed by atoms with Gasteiger partial charge in [0.2, 0.25) is 0 Å². The van der Waals surface area contributed by atoms with Gasteiger partial charge in [-0.2, -0.15) is 0 Å². The first-order chi connectivity index (χ1) is 11.6. The van der Waals surface area contributed by atoms with E-state index in [2.05, 4.69) is 22.2 Å². The lowest BCUT2D eigenvalue weighted by Crippen LogP contribution is -2.12. The number of hydrogen-bond donors (Lipinski definition) is 2. The van der Waals surface area contributed by atoms with Crippen LogP contribution in [0.15, 0.2) is 54.7 Å². The number of pyridine rings is 1. The van der Waals surface area contributed by atoms with Gasteiger partial charge in [-0.05, 0) is 49.7 Å². The van der Waals surface area contributed by atoms with Crippen LogP contribution in [0.2, 0.25) is 0 Å². The van der Waals surface area contributed by atoms with Crippen LogP contribution in [-0.2, 0) is 0 Å². The molecule has 0 saturated carbocycles. The van der Waals surface area contributed by atoms with Crippen molar-refractivity contribution in [2.75, 3.05) is 5.32 Å². The van der Waals surface area contributed by atoms with E-state index >= 15 is 0 Å². The predicted molar refractivity (Wildman–Crippen MR) is 97.5 cm³/mol. The lowest BCUT2D eigenvalue weighted by Gasteiger charge is -2.08. The second-order valence-electron chi connectivity index (χ2n) is 5.97. The maximum absolute atomic E-state index is 12.7. The first-order valence-corrected chi connectivity index (χ1v) is 7.87. The molecular formula is C20H17N3O. The van der Waals surface area contributed by atoms with Crippen LogP contribution >= 0.6 is 0 Å². The molecule has 0 bridgehead atoms. The Morgan fingerprint density at radius 3 is 2.79 bits per heavy atom. The van der Waals surface area contributed by atoms with Crippen molar-refractivity contribution in [1.82, 2.24) is 9.97 Å². The Morgan fingerprint density at radius 2 is 1.92 bits per heavy atom. The number of carbonyl (C=O) groups excluding carboxylic acids is 1. The van der Waals surface area contributed by atoms with Crippen LogP contribution in [0.4, 0.5) is 5.69 Å². The highest BCUT2D eigenvalue weighted by molar-refractivity contribution is 6.09. The molecule has 0 fully saturated rings. The maximum atomic E-state index is 12.7. The minimum absolute atomic E-state index is 0.131. The van der Waals surface area contributed by atoms with Gasteiger partial charge >= 0.3 is 0 Å². The molecule has 0 spiro atoms. The zero-order valence-electron chi connectivity index (χ0n) is 13.6. The van der Waals surface area contributed by atoms with E-state index < -0.39 is 0 Å². The molecular weight excluding hydrogens is 298 g/mol. The van der Waals surface area contributed by atoms with Crippen molar-refractivity contribution >= 4 is 33.4 Å². The van der Waals surface area contributed by atoms with Gasteiger partial charge in [-0.25, -0.2) is 0 Å². The summed E-state index contributed by atoms with van der Waals surface area (Å²) in [5.41, 5.74) is 5.50. The normalized spacial score (nSPS) is 11.1. The van der Waals surface area contributed by atoms with Crippen LogP contribution in [0.1, 0.15) is 21.6 Å². The molecule has 24 heavy (non-hydrogen) atoms. The molecule has 4 nitrogen and oxygen atoms in total. The Kier molecular flexibility index (Phi) is 3.31. The topological polar surface area (TPSA) is 57.8 Å². The van der Waals surface area contributed by atoms with Crippen LogP contribution in [0.3, 0.4) is 0 Å². The summed E-state index contributed by atoms with van der Waals surface area (Å²) in [6.07, 6.45) is 1.73. The summed E-state index contributed by atoms with van der Waals surface area (Å²) >= 11 is 0. The quantitative estimate of drug-likeness (QED) is 0.568. The Hall–Kier alpha value is -3.14. The third-order valence-corrected chi connectivity index (χ3v) is 4.45. The van der Waals surface area contributed by atoms with E-state index in [-0.39, 0.29) is 5.91 Å². The average molecular weight is 315 g/mol. The van der Waals surface area contributed by atoms with E-state index in [4.69, 9.17) is 0 Å². The van der Waals surface area contributed by atoms with Crippen LogP contribution in [0.5, 0.6) is 0 Å². The van der Waals surface area contributed by atoms with Crippen molar-refractivity contribution in [3.05, 3.63) is 71.5 Å². The van der Waals surface area contributed by atoms with Crippen molar-refractivity contribution in [3.63, 3.8) is 0 Å². The molecule has 2 aromatic carbocycles. The number of amides is 1. The number of para-hydroxylation sites is 1. The number of aromatic amines is 1. The second kappa shape index (κ2) is 5.49. The first-order valence-electron chi connectivity index (χ1n) is 7.87. The fourth-order valence-corrected chi connectivity index (χ4v) is 3.00. The molecule has 0 saturated heterocycles. The lowest BCUT2D eigenvalue weighted by atomic mass is 10.1. The predicted octanol–water partition coefficient (Wildman–Crippen LogP) is 4.59. The number of nitrogens with zero attached hydrogens (tertiary/aromatic N) is 1. The zero-order chi connectivity index (χ0) is 16.7. The van der Waals surface area contributed by atoms with Gasteiger partial charge in [0, 0.05) is 33.7 Å². The van der Waals surface area contributed by atoms with Gasteiger partial charge in [0.05, 0.1) is 11.2 Å². The molecule has 0 atom stereocenters. The Labute approximate surface area is 139 Å². The molecule has 118 valence electrons. The summed E-state index contributed by atoms with van der Waals surface area (Å²) in [6, 6.07) is 15.4. The number of benzene rings is 2. The van der Waals surface area contributed by atoms with Crippen LogP contribution in [-0.4, -0.2) is 15.9 Å². The molecule has 0 unspecified atom stereocenters. The van der Waals surface area contributed by atoms with Gasteiger partial charge in [0.25, 0.3) is 5.91 Å². The molecule has 0 radical (unpaired) electrons. The molecule has 2 N–H and O–H groups in total. The summed E-state index contributed by atoms with van der Waals surface area (Å²) in [6.45, 7) is 4.10. The lowest BCUT2D eigenvalue weighted by molar-refractivity contribution is 0.102. The Bertz CT molecular complexity index is 1070. The van der Waals surface area contributed by atoms with E-state index in [0.717, 1.165) is 33.2 Å². The number of rotatable bonds is 2. The molecule has 2 aromatic heterocycles. The van der Waals surface area contributed by atoms with Gasteiger partial charge in [0.15, 0.2) is 0 Å². The minimum Gasteiger partial charge on any atom is -0.358 e. The number of carbonyl (C=O) groups is 1. The Balaban J connectivity index is 1.72. The van der Waals surface area contributed by atoms with Crippen LogP contribution < -0.4 is 5.32 Å². The summed E-state index contributed by atoms with van der Waals surface area (Å²) < 4.78 is 0. The number of nitrogens with one attached hydrogen (secondary N) is 2. The van der Waals surface area contributed by atoms with Crippen LogP contribution in [0.25, 0.3) is 21.8 Å². The third-order valence-electron chi connectivity index (χ3n) is 4.45. The summed E-state index contributed by atoms with van der Waals surface area (Å²) in [4.78, 5) is 20.4. The van der Waals surface area contributed by atoms with E-state index in [0.29, 0.717) is 5.56 Å². The fourth-order valence-electron chi connectivity index (χ4n) is 3.00. The number of aryl methyl sites for hydroxylation is 2. The number of anilines is 1. The number of hydrogen-bond acceptors (Lipinski definition) is 2. The first kappa shape index (κ1) is 14.5. The number of aromatic nitrogens is 2. The van der Waals surface area contributed by atoms with Crippen LogP contribution in [0, 0.1) is 13.8 Å². The molecule has 0 aliphatic heterocycles. The minimum atomic E-state index is -0.131. The fraction of sp³-hybridized carbons (Fsp3) is 0.100. The highest BCUT2D eigenvalue weighted by Crippen LogP contribution is 2.24. The summed E-state index contributed by atoms with van der Waals surface area (Å²) in [5, 5.41) is 5.06. The Morgan fingerprint density at radius 1 is 1.08 bits per heavy atom. The van der Waals surface area contributed by atoms with Gasteiger partial charge in [-0.15, -0.1) is 0 Å². The van der Waals surface area contributed by atoms with E-state index in [1.165, 1.54) is 5.56 Å². The summed E-state index contributed by atoms with van der Waals surface area (Å²) in [7, 11) is 0. The van der Waals surface area contributed by atoms with E-state index in [9.17, 15) is 4.79 Å². The second-order valence-corrected chi connectivity index (χ2v) is 5.97. The third kappa shape index (κ3) is 2.33. The SMILES string of the molecule is Cc1[nH]c2ccc(C(=O)Nc3cccc4cccnc34)cc2c1C. The molecule has 4 aromatic rings. The zero-order valence-corrected chi connectivity index (χ0v) is 13.6. The summed E-state index contributed by atoms with van der Waals surface area (Å²) in [5.74, 6) is -0.131. The molecule has 0 aliphatic carbocycles.